The van der Waals surface area contributed by atoms with Crippen LogP contribution in [-0.4, -0.2) is 18.4 Å². The zero-order chi connectivity index (χ0) is 15.0. The fraction of sp³-hybridized carbons (Fsp3) is 0.611. The highest BCUT2D eigenvalue weighted by Gasteiger charge is 2.34. The lowest BCUT2D eigenvalue weighted by Gasteiger charge is -2.46. The molecule has 0 N–H and O–H groups in total. The number of aryl methyl sites for hydroxylation is 1. The lowest BCUT2D eigenvalue weighted by Crippen LogP contribution is -2.47. The lowest BCUT2D eigenvalue weighted by atomic mass is 9.78. The Morgan fingerprint density at radius 3 is 2.67 bits per heavy atom. The van der Waals surface area contributed by atoms with Gasteiger partial charge in [-0.2, -0.15) is 0 Å². The Labute approximate surface area is 126 Å². The summed E-state index contributed by atoms with van der Waals surface area (Å²) in [6, 6.07) is 3.85. The number of carbonyl (C=O) groups is 1. The summed E-state index contributed by atoms with van der Waals surface area (Å²) in [5, 5.41) is 0. The molecule has 2 unspecified atom stereocenters. The van der Waals surface area contributed by atoms with Crippen LogP contribution in [0.15, 0.2) is 12.1 Å². The van der Waals surface area contributed by atoms with E-state index in [-0.39, 0.29) is 11.6 Å². The van der Waals surface area contributed by atoms with Crippen LogP contribution in [0.1, 0.15) is 61.4 Å². The number of nitrogens with zero attached hydrogens (tertiary/aromatic N) is 1. The number of carbonyl (C=O) groups excluding carboxylic acids is 1. The first-order chi connectivity index (χ1) is 10.1. The molecule has 0 bridgehead atoms. The van der Waals surface area contributed by atoms with Gasteiger partial charge in [-0.3, -0.25) is 4.79 Å². The number of fused-ring (bicyclic) bond motifs is 1. The molecular weight excluding hydrogens is 265 g/mol. The van der Waals surface area contributed by atoms with Gasteiger partial charge in [0, 0.05) is 23.8 Å². The fourth-order valence-electron chi connectivity index (χ4n) is 4.11. The van der Waals surface area contributed by atoms with E-state index in [1.165, 1.54) is 51.5 Å². The lowest BCUT2D eigenvalue weighted by molar-refractivity contribution is 0.101. The summed E-state index contributed by atoms with van der Waals surface area (Å²) in [6.07, 6.45) is 7.59. The molecule has 1 aliphatic carbocycles. The minimum absolute atomic E-state index is 0.0400. The average molecular weight is 289 g/mol. The Balaban J connectivity index is 2.01. The third-order valence-electron chi connectivity index (χ3n) is 5.21. The van der Waals surface area contributed by atoms with Crippen LogP contribution in [0.3, 0.4) is 0 Å². The van der Waals surface area contributed by atoms with Gasteiger partial charge in [-0.1, -0.05) is 12.8 Å². The van der Waals surface area contributed by atoms with Crippen LogP contribution < -0.4 is 4.90 Å². The second-order valence-electron chi connectivity index (χ2n) is 6.62. The molecule has 2 atom stereocenters. The topological polar surface area (TPSA) is 20.3 Å². The highest BCUT2D eigenvalue weighted by molar-refractivity contribution is 6.00. The number of ketones is 1. The van der Waals surface area contributed by atoms with Crippen LogP contribution in [0, 0.1) is 18.7 Å². The first-order valence-corrected chi connectivity index (χ1v) is 8.15. The minimum Gasteiger partial charge on any atom is -0.368 e. The van der Waals surface area contributed by atoms with Crippen molar-refractivity contribution in [3.8, 4) is 0 Å². The molecule has 0 aromatic heterocycles. The van der Waals surface area contributed by atoms with E-state index in [0.717, 1.165) is 18.2 Å². The molecule has 1 aliphatic heterocycles. The largest absolute Gasteiger partial charge is 0.368 e. The fourth-order valence-corrected chi connectivity index (χ4v) is 4.11. The van der Waals surface area contributed by atoms with Gasteiger partial charge in [0.1, 0.15) is 5.82 Å². The van der Waals surface area contributed by atoms with Crippen molar-refractivity contribution in [3.05, 3.63) is 29.1 Å². The number of anilines is 1. The summed E-state index contributed by atoms with van der Waals surface area (Å²) < 4.78 is 13.8. The first kappa shape index (κ1) is 14.6. The molecule has 0 spiro atoms. The van der Waals surface area contributed by atoms with E-state index < -0.39 is 0 Å². The summed E-state index contributed by atoms with van der Waals surface area (Å²) in [7, 11) is 0. The molecule has 1 saturated carbocycles. The number of rotatable bonds is 2. The maximum absolute atomic E-state index is 13.8. The third kappa shape index (κ3) is 2.70. The molecule has 1 heterocycles. The van der Waals surface area contributed by atoms with E-state index in [9.17, 15) is 9.18 Å². The van der Waals surface area contributed by atoms with Gasteiger partial charge in [0.05, 0.1) is 0 Å². The van der Waals surface area contributed by atoms with Gasteiger partial charge in [0.25, 0.3) is 0 Å². The molecule has 3 rings (SSSR count). The smallest absolute Gasteiger partial charge is 0.161 e. The Morgan fingerprint density at radius 2 is 1.90 bits per heavy atom. The predicted molar refractivity (Wildman–Crippen MR) is 83.5 cm³/mol. The summed E-state index contributed by atoms with van der Waals surface area (Å²) in [5.74, 6) is 0.431. The van der Waals surface area contributed by atoms with E-state index in [2.05, 4.69) is 4.90 Å². The maximum Gasteiger partial charge on any atom is 0.161 e. The van der Waals surface area contributed by atoms with Gasteiger partial charge in [0.15, 0.2) is 5.78 Å². The van der Waals surface area contributed by atoms with E-state index in [0.29, 0.717) is 17.2 Å². The third-order valence-corrected chi connectivity index (χ3v) is 5.21. The first-order valence-electron chi connectivity index (χ1n) is 8.15. The van der Waals surface area contributed by atoms with Crippen molar-refractivity contribution in [1.82, 2.24) is 0 Å². The quantitative estimate of drug-likeness (QED) is 0.747. The Hall–Kier alpha value is -1.38. The average Bonchev–Trinajstić information content (AvgIpc) is 2.49. The van der Waals surface area contributed by atoms with Gasteiger partial charge < -0.3 is 4.90 Å². The number of halogens is 1. The van der Waals surface area contributed by atoms with Crippen LogP contribution in [0.25, 0.3) is 0 Å². The number of hydrogen-bond donors (Lipinski definition) is 0. The van der Waals surface area contributed by atoms with E-state index in [1.54, 1.807) is 6.92 Å². The van der Waals surface area contributed by atoms with Crippen LogP contribution in [0.5, 0.6) is 0 Å². The molecule has 1 aromatic carbocycles. The highest BCUT2D eigenvalue weighted by Crippen LogP contribution is 2.39. The summed E-state index contributed by atoms with van der Waals surface area (Å²) in [6.45, 7) is 4.31. The van der Waals surface area contributed by atoms with E-state index in [1.807, 2.05) is 6.07 Å². The van der Waals surface area contributed by atoms with E-state index in [4.69, 9.17) is 0 Å². The van der Waals surface area contributed by atoms with Crippen molar-refractivity contribution in [2.45, 2.75) is 58.4 Å². The van der Waals surface area contributed by atoms with Gasteiger partial charge in [0.2, 0.25) is 0 Å². The Kier molecular flexibility index (Phi) is 4.01. The highest BCUT2D eigenvalue weighted by atomic mass is 19.1. The molecule has 114 valence electrons. The molecule has 1 aromatic rings. The Morgan fingerprint density at radius 1 is 1.19 bits per heavy atom. The van der Waals surface area contributed by atoms with Crippen molar-refractivity contribution < 1.29 is 9.18 Å². The van der Waals surface area contributed by atoms with E-state index >= 15 is 0 Å². The zero-order valence-corrected chi connectivity index (χ0v) is 13.0. The summed E-state index contributed by atoms with van der Waals surface area (Å²) >= 11 is 0. The minimum atomic E-state index is -0.277. The normalized spacial score (nSPS) is 25.6. The van der Waals surface area contributed by atoms with Gasteiger partial charge >= 0.3 is 0 Å². The number of hydrogen-bond acceptors (Lipinski definition) is 2. The SMILES string of the molecule is CC(=O)c1cc(F)c(C)cc1N1CCCC2CCCCC21. The molecule has 21 heavy (non-hydrogen) atoms. The second kappa shape index (κ2) is 5.78. The van der Waals surface area contributed by atoms with Crippen LogP contribution >= 0.6 is 0 Å². The maximum atomic E-state index is 13.8. The molecule has 2 fully saturated rings. The van der Waals surface area contributed by atoms with Gasteiger partial charge in [-0.15, -0.1) is 0 Å². The summed E-state index contributed by atoms with van der Waals surface area (Å²) in [4.78, 5) is 14.3. The predicted octanol–water partition coefficient (Wildman–Crippen LogP) is 4.50. The molecular formula is C18H24FNO. The Bertz CT molecular complexity index is 552. The van der Waals surface area contributed by atoms with Crippen molar-refractivity contribution in [2.24, 2.45) is 5.92 Å². The van der Waals surface area contributed by atoms with Crippen LogP contribution in [-0.2, 0) is 0 Å². The van der Waals surface area contributed by atoms with Crippen molar-refractivity contribution >= 4 is 11.5 Å². The van der Waals surface area contributed by atoms with Gasteiger partial charge in [-0.25, -0.2) is 4.39 Å². The molecule has 2 aliphatic rings. The molecule has 1 saturated heterocycles. The number of piperidine rings is 1. The summed E-state index contributed by atoms with van der Waals surface area (Å²) in [5.41, 5.74) is 2.13. The van der Waals surface area contributed by atoms with Crippen molar-refractivity contribution in [3.63, 3.8) is 0 Å². The number of benzene rings is 1. The molecule has 0 amide bonds. The van der Waals surface area contributed by atoms with Crippen LogP contribution in [0.4, 0.5) is 10.1 Å². The molecule has 0 radical (unpaired) electrons. The van der Waals surface area contributed by atoms with Crippen LogP contribution in [0.2, 0.25) is 0 Å². The second-order valence-corrected chi connectivity index (χ2v) is 6.62. The standard InChI is InChI=1S/C18H24FNO/c1-12-10-18(15(13(2)21)11-16(12)19)20-9-5-7-14-6-3-4-8-17(14)20/h10-11,14,17H,3-9H2,1-2H3. The monoisotopic (exact) mass is 289 g/mol. The van der Waals surface area contributed by atoms with Crippen molar-refractivity contribution in [2.75, 3.05) is 11.4 Å². The molecule has 3 heteroatoms. The van der Waals surface area contributed by atoms with Gasteiger partial charge in [-0.05, 0) is 63.1 Å². The molecule has 2 nitrogen and oxygen atoms in total. The van der Waals surface area contributed by atoms with Crippen molar-refractivity contribution in [1.29, 1.82) is 0 Å². The zero-order valence-electron chi connectivity index (χ0n) is 13.0. The number of Topliss-reactive ketones (excluding diaryl/α,β-unsaturated/α-hetero) is 1.